The molecule has 12 heavy (non-hydrogen) atoms. The van der Waals surface area contributed by atoms with Gasteiger partial charge in [-0.3, -0.25) is 4.90 Å². The van der Waals surface area contributed by atoms with E-state index in [4.69, 9.17) is 10.8 Å². The van der Waals surface area contributed by atoms with Crippen molar-refractivity contribution in [1.29, 1.82) is 0 Å². The van der Waals surface area contributed by atoms with Crippen LogP contribution in [0.2, 0.25) is 0 Å². The summed E-state index contributed by atoms with van der Waals surface area (Å²) in [5.41, 5.74) is 5.47. The summed E-state index contributed by atoms with van der Waals surface area (Å²) in [6.45, 7) is 4.88. The fourth-order valence-corrected chi connectivity index (χ4v) is 1.68. The SMILES string of the molecule is CN1CCN(CCN)C(CO)C1. The Bertz CT molecular complexity index is 131. The van der Waals surface area contributed by atoms with E-state index in [1.165, 1.54) is 0 Å². The van der Waals surface area contributed by atoms with Gasteiger partial charge in [0.25, 0.3) is 0 Å². The molecule has 0 aromatic carbocycles. The van der Waals surface area contributed by atoms with Gasteiger partial charge in [0.05, 0.1) is 6.61 Å². The van der Waals surface area contributed by atoms with Gasteiger partial charge in [-0.25, -0.2) is 0 Å². The number of hydrogen-bond acceptors (Lipinski definition) is 4. The fourth-order valence-electron chi connectivity index (χ4n) is 1.68. The molecule has 1 saturated heterocycles. The van der Waals surface area contributed by atoms with Crippen molar-refractivity contribution in [3.8, 4) is 0 Å². The van der Waals surface area contributed by atoms with Gasteiger partial charge in [-0.05, 0) is 7.05 Å². The highest BCUT2D eigenvalue weighted by molar-refractivity contribution is 4.79. The average molecular weight is 173 g/mol. The summed E-state index contributed by atoms with van der Waals surface area (Å²) in [5.74, 6) is 0. The molecule has 1 aliphatic heterocycles. The van der Waals surface area contributed by atoms with E-state index >= 15 is 0 Å². The highest BCUT2D eigenvalue weighted by Crippen LogP contribution is 2.06. The number of hydrogen-bond donors (Lipinski definition) is 2. The molecule has 3 N–H and O–H groups in total. The van der Waals surface area contributed by atoms with Gasteiger partial charge >= 0.3 is 0 Å². The molecule has 1 aliphatic rings. The lowest BCUT2D eigenvalue weighted by molar-refractivity contribution is 0.0535. The van der Waals surface area contributed by atoms with E-state index < -0.39 is 0 Å². The third kappa shape index (κ3) is 2.42. The van der Waals surface area contributed by atoms with E-state index in [1.54, 1.807) is 0 Å². The number of piperazine rings is 1. The van der Waals surface area contributed by atoms with Crippen molar-refractivity contribution >= 4 is 0 Å². The Morgan fingerprint density at radius 2 is 2.25 bits per heavy atom. The van der Waals surface area contributed by atoms with Crippen LogP contribution < -0.4 is 5.73 Å². The van der Waals surface area contributed by atoms with E-state index in [0.29, 0.717) is 6.54 Å². The van der Waals surface area contributed by atoms with Crippen molar-refractivity contribution in [2.75, 3.05) is 46.4 Å². The van der Waals surface area contributed by atoms with Gasteiger partial charge < -0.3 is 15.7 Å². The lowest BCUT2D eigenvalue weighted by Gasteiger charge is -2.38. The van der Waals surface area contributed by atoms with Crippen molar-refractivity contribution in [1.82, 2.24) is 9.80 Å². The summed E-state index contributed by atoms with van der Waals surface area (Å²) in [6, 6.07) is 0.285. The van der Waals surface area contributed by atoms with Crippen LogP contribution in [0.1, 0.15) is 0 Å². The van der Waals surface area contributed by atoms with E-state index in [9.17, 15) is 0 Å². The third-order valence-electron chi connectivity index (χ3n) is 2.43. The molecule has 0 spiro atoms. The molecular weight excluding hydrogens is 154 g/mol. The van der Waals surface area contributed by atoms with E-state index in [0.717, 1.165) is 26.2 Å². The van der Waals surface area contributed by atoms with Crippen LogP contribution in [0.25, 0.3) is 0 Å². The van der Waals surface area contributed by atoms with Crippen LogP contribution in [0, 0.1) is 0 Å². The van der Waals surface area contributed by atoms with Gasteiger partial charge in [0.1, 0.15) is 0 Å². The lowest BCUT2D eigenvalue weighted by atomic mass is 10.2. The Morgan fingerprint density at radius 1 is 1.50 bits per heavy atom. The zero-order chi connectivity index (χ0) is 8.97. The Labute approximate surface area is 73.9 Å². The first-order valence-corrected chi connectivity index (χ1v) is 4.51. The maximum absolute atomic E-state index is 9.10. The van der Waals surface area contributed by atoms with E-state index in [-0.39, 0.29) is 12.6 Å². The largest absolute Gasteiger partial charge is 0.395 e. The molecule has 0 aromatic rings. The Balaban J connectivity index is 2.39. The molecule has 0 aromatic heterocycles. The number of rotatable bonds is 3. The Morgan fingerprint density at radius 3 is 2.83 bits per heavy atom. The highest BCUT2D eigenvalue weighted by atomic mass is 16.3. The molecule has 1 fully saturated rings. The van der Waals surface area contributed by atoms with Crippen LogP contribution in [-0.4, -0.2) is 67.3 Å². The minimum absolute atomic E-state index is 0.240. The van der Waals surface area contributed by atoms with Gasteiger partial charge in [0.15, 0.2) is 0 Å². The number of likely N-dealkylation sites (N-methyl/N-ethyl adjacent to an activating group) is 1. The van der Waals surface area contributed by atoms with Gasteiger partial charge in [-0.1, -0.05) is 0 Å². The molecule has 1 rings (SSSR count). The van der Waals surface area contributed by atoms with Crippen LogP contribution in [-0.2, 0) is 0 Å². The van der Waals surface area contributed by atoms with Gasteiger partial charge in [-0.2, -0.15) is 0 Å². The van der Waals surface area contributed by atoms with Crippen molar-refractivity contribution in [3.63, 3.8) is 0 Å². The lowest BCUT2D eigenvalue weighted by Crippen LogP contribution is -2.54. The monoisotopic (exact) mass is 173 g/mol. The van der Waals surface area contributed by atoms with Gasteiger partial charge in [-0.15, -0.1) is 0 Å². The molecule has 72 valence electrons. The second kappa shape index (κ2) is 4.77. The minimum atomic E-state index is 0.240. The second-order valence-corrected chi connectivity index (χ2v) is 3.42. The fraction of sp³-hybridized carbons (Fsp3) is 1.00. The van der Waals surface area contributed by atoms with Gasteiger partial charge in [0, 0.05) is 38.8 Å². The first-order valence-electron chi connectivity index (χ1n) is 4.51. The molecule has 4 nitrogen and oxygen atoms in total. The molecule has 4 heteroatoms. The number of nitrogens with zero attached hydrogens (tertiary/aromatic N) is 2. The summed E-state index contributed by atoms with van der Waals surface area (Å²) < 4.78 is 0. The number of nitrogens with two attached hydrogens (primary N) is 1. The predicted molar refractivity (Wildman–Crippen MR) is 49.0 cm³/mol. The normalized spacial score (nSPS) is 27.8. The zero-order valence-electron chi connectivity index (χ0n) is 7.74. The van der Waals surface area contributed by atoms with Gasteiger partial charge in [0.2, 0.25) is 0 Å². The molecule has 0 amide bonds. The Hall–Kier alpha value is -0.160. The molecule has 1 unspecified atom stereocenters. The van der Waals surface area contributed by atoms with E-state index in [2.05, 4.69) is 16.8 Å². The molecular formula is C8H19N3O. The first-order chi connectivity index (χ1) is 5.77. The van der Waals surface area contributed by atoms with Crippen molar-refractivity contribution < 1.29 is 5.11 Å². The molecule has 0 radical (unpaired) electrons. The average Bonchev–Trinajstić information content (AvgIpc) is 2.08. The van der Waals surface area contributed by atoms with E-state index in [1.807, 2.05) is 0 Å². The summed E-state index contributed by atoms with van der Waals surface area (Å²) in [5, 5.41) is 9.10. The molecule has 0 saturated carbocycles. The van der Waals surface area contributed by atoms with Crippen molar-refractivity contribution in [2.24, 2.45) is 5.73 Å². The summed E-state index contributed by atoms with van der Waals surface area (Å²) in [4.78, 5) is 4.51. The molecule has 0 aliphatic carbocycles. The topological polar surface area (TPSA) is 52.7 Å². The summed E-state index contributed by atoms with van der Waals surface area (Å²) in [6.07, 6.45) is 0. The summed E-state index contributed by atoms with van der Waals surface area (Å²) >= 11 is 0. The quantitative estimate of drug-likeness (QED) is 0.548. The minimum Gasteiger partial charge on any atom is -0.395 e. The van der Waals surface area contributed by atoms with Crippen LogP contribution in [0.3, 0.4) is 0 Å². The third-order valence-corrected chi connectivity index (χ3v) is 2.43. The predicted octanol–water partition coefficient (Wildman–Crippen LogP) is -1.45. The Kier molecular flexibility index (Phi) is 3.94. The second-order valence-electron chi connectivity index (χ2n) is 3.42. The highest BCUT2D eigenvalue weighted by Gasteiger charge is 2.23. The molecule has 1 heterocycles. The molecule has 1 atom stereocenters. The van der Waals surface area contributed by atoms with Crippen LogP contribution in [0.15, 0.2) is 0 Å². The number of aliphatic hydroxyl groups is 1. The standard InChI is InChI=1S/C8H19N3O/c1-10-4-5-11(3-2-9)8(6-10)7-12/h8,12H,2-7,9H2,1H3. The van der Waals surface area contributed by atoms with Crippen molar-refractivity contribution in [3.05, 3.63) is 0 Å². The zero-order valence-corrected chi connectivity index (χ0v) is 7.74. The molecule has 0 bridgehead atoms. The van der Waals surface area contributed by atoms with Crippen LogP contribution >= 0.6 is 0 Å². The smallest absolute Gasteiger partial charge is 0.0599 e. The van der Waals surface area contributed by atoms with Crippen LogP contribution in [0.5, 0.6) is 0 Å². The number of aliphatic hydroxyl groups excluding tert-OH is 1. The summed E-state index contributed by atoms with van der Waals surface area (Å²) in [7, 11) is 2.09. The van der Waals surface area contributed by atoms with Crippen LogP contribution in [0.4, 0.5) is 0 Å². The maximum atomic E-state index is 9.10. The maximum Gasteiger partial charge on any atom is 0.0599 e. The van der Waals surface area contributed by atoms with Crippen molar-refractivity contribution in [2.45, 2.75) is 6.04 Å². The first kappa shape index (κ1) is 9.92.